The Morgan fingerprint density at radius 1 is 0.826 bits per heavy atom. The molecule has 0 unspecified atom stereocenters. The molecule has 0 aromatic heterocycles. The van der Waals surface area contributed by atoms with Gasteiger partial charge in [-0.1, -0.05) is 79.0 Å². The highest BCUT2D eigenvalue weighted by Gasteiger charge is 2.16. The number of benzene rings is 2. The molecule has 1 nitrogen and oxygen atoms in total. The maximum atomic E-state index is 5.85. The summed E-state index contributed by atoms with van der Waals surface area (Å²) in [7, 11) is 0. The Kier molecular flexibility index (Phi) is 5.60. The van der Waals surface area contributed by atoms with Crippen molar-refractivity contribution in [3.8, 4) is 0 Å². The first kappa shape index (κ1) is 15.9. The molecular weight excluding hydrogens is 298 g/mol. The SMILES string of the molecule is S=C(C1=CCCCC1)N(Cc1ccccc1)Cc1ccccc1. The zero-order chi connectivity index (χ0) is 15.9. The van der Waals surface area contributed by atoms with Crippen molar-refractivity contribution < 1.29 is 0 Å². The molecule has 0 N–H and O–H groups in total. The molecule has 2 aromatic carbocycles. The van der Waals surface area contributed by atoms with Crippen LogP contribution in [0.1, 0.15) is 36.8 Å². The first-order valence-electron chi connectivity index (χ1n) is 8.39. The number of allylic oxidation sites excluding steroid dienone is 1. The van der Waals surface area contributed by atoms with Gasteiger partial charge in [-0.3, -0.25) is 0 Å². The van der Waals surface area contributed by atoms with Crippen molar-refractivity contribution in [3.05, 3.63) is 83.4 Å². The first-order valence-corrected chi connectivity index (χ1v) is 8.80. The van der Waals surface area contributed by atoms with Crippen LogP contribution in [-0.4, -0.2) is 9.89 Å². The van der Waals surface area contributed by atoms with E-state index in [0.29, 0.717) is 0 Å². The van der Waals surface area contributed by atoms with E-state index in [1.54, 1.807) is 0 Å². The average molecular weight is 321 g/mol. The Bertz CT molecular complexity index is 619. The van der Waals surface area contributed by atoms with E-state index < -0.39 is 0 Å². The predicted molar refractivity (Wildman–Crippen MR) is 101 cm³/mol. The van der Waals surface area contributed by atoms with Gasteiger partial charge in [-0.25, -0.2) is 0 Å². The predicted octanol–water partition coefficient (Wildman–Crippen LogP) is 5.52. The molecule has 0 heterocycles. The smallest absolute Gasteiger partial charge is 0.105 e. The van der Waals surface area contributed by atoms with E-state index in [1.807, 2.05) is 0 Å². The van der Waals surface area contributed by atoms with Crippen molar-refractivity contribution in [2.45, 2.75) is 38.8 Å². The summed E-state index contributed by atoms with van der Waals surface area (Å²) < 4.78 is 0. The van der Waals surface area contributed by atoms with Crippen LogP contribution < -0.4 is 0 Å². The molecule has 3 rings (SSSR count). The van der Waals surface area contributed by atoms with Crippen LogP contribution in [-0.2, 0) is 13.1 Å². The molecule has 0 aliphatic heterocycles. The van der Waals surface area contributed by atoms with Gasteiger partial charge in [0.25, 0.3) is 0 Å². The quantitative estimate of drug-likeness (QED) is 0.667. The van der Waals surface area contributed by atoms with Gasteiger partial charge in [0.15, 0.2) is 0 Å². The molecule has 0 spiro atoms. The Labute approximate surface area is 144 Å². The highest BCUT2D eigenvalue weighted by atomic mass is 32.1. The lowest BCUT2D eigenvalue weighted by molar-refractivity contribution is 0.411. The van der Waals surface area contributed by atoms with Crippen LogP contribution in [0.25, 0.3) is 0 Å². The largest absolute Gasteiger partial charge is 0.354 e. The van der Waals surface area contributed by atoms with Gasteiger partial charge in [0.05, 0.1) is 0 Å². The molecule has 0 fully saturated rings. The Balaban J connectivity index is 1.80. The fourth-order valence-corrected chi connectivity index (χ4v) is 3.36. The summed E-state index contributed by atoms with van der Waals surface area (Å²) in [6.07, 6.45) is 7.19. The van der Waals surface area contributed by atoms with Crippen molar-refractivity contribution in [2.24, 2.45) is 0 Å². The third-order valence-corrected chi connectivity index (χ3v) is 4.81. The molecule has 0 atom stereocenters. The summed E-state index contributed by atoms with van der Waals surface area (Å²) in [6.45, 7) is 1.73. The van der Waals surface area contributed by atoms with E-state index in [-0.39, 0.29) is 0 Å². The Morgan fingerprint density at radius 2 is 1.39 bits per heavy atom. The highest BCUT2D eigenvalue weighted by Crippen LogP contribution is 2.22. The molecule has 0 saturated carbocycles. The highest BCUT2D eigenvalue weighted by molar-refractivity contribution is 7.80. The fourth-order valence-electron chi connectivity index (χ4n) is 3.04. The van der Waals surface area contributed by atoms with E-state index in [2.05, 4.69) is 71.6 Å². The first-order chi connectivity index (χ1) is 11.3. The monoisotopic (exact) mass is 321 g/mol. The maximum Gasteiger partial charge on any atom is 0.105 e. The summed E-state index contributed by atoms with van der Waals surface area (Å²) in [4.78, 5) is 3.37. The minimum absolute atomic E-state index is 0.867. The molecule has 1 aliphatic carbocycles. The molecule has 2 heteroatoms. The Morgan fingerprint density at radius 3 is 1.87 bits per heavy atom. The Hall–Kier alpha value is -1.93. The van der Waals surface area contributed by atoms with E-state index in [4.69, 9.17) is 12.2 Å². The molecule has 23 heavy (non-hydrogen) atoms. The third kappa shape index (κ3) is 4.52. The number of rotatable bonds is 5. The number of nitrogens with zero attached hydrogens (tertiary/aromatic N) is 1. The molecule has 0 radical (unpaired) electrons. The van der Waals surface area contributed by atoms with Gasteiger partial charge in [-0.05, 0) is 42.4 Å². The van der Waals surface area contributed by atoms with Gasteiger partial charge in [0.2, 0.25) is 0 Å². The van der Waals surface area contributed by atoms with E-state index in [0.717, 1.165) is 24.5 Å². The summed E-state index contributed by atoms with van der Waals surface area (Å²) in [5.74, 6) is 0. The summed E-state index contributed by atoms with van der Waals surface area (Å²) in [6, 6.07) is 21.2. The summed E-state index contributed by atoms with van der Waals surface area (Å²) in [5.41, 5.74) is 3.97. The second-order valence-corrected chi connectivity index (χ2v) is 6.49. The summed E-state index contributed by atoms with van der Waals surface area (Å²) in [5, 5.41) is 0. The van der Waals surface area contributed by atoms with E-state index in [9.17, 15) is 0 Å². The van der Waals surface area contributed by atoms with Gasteiger partial charge >= 0.3 is 0 Å². The van der Waals surface area contributed by atoms with Gasteiger partial charge in [-0.2, -0.15) is 0 Å². The van der Waals surface area contributed by atoms with Crippen LogP contribution >= 0.6 is 12.2 Å². The average Bonchev–Trinajstić information content (AvgIpc) is 2.63. The van der Waals surface area contributed by atoms with Crippen LogP contribution in [0.15, 0.2) is 72.3 Å². The van der Waals surface area contributed by atoms with Crippen molar-refractivity contribution in [1.82, 2.24) is 4.90 Å². The molecular formula is C21H23NS. The van der Waals surface area contributed by atoms with Crippen LogP contribution in [0.5, 0.6) is 0 Å². The molecule has 2 aromatic rings. The number of hydrogen-bond donors (Lipinski definition) is 0. The van der Waals surface area contributed by atoms with Crippen molar-refractivity contribution >= 4 is 17.2 Å². The lowest BCUT2D eigenvalue weighted by Crippen LogP contribution is -2.30. The minimum atomic E-state index is 0.867. The fraction of sp³-hybridized carbons (Fsp3) is 0.286. The van der Waals surface area contributed by atoms with Gasteiger partial charge < -0.3 is 4.90 Å². The second kappa shape index (κ2) is 8.07. The van der Waals surface area contributed by atoms with Crippen LogP contribution in [0, 0.1) is 0 Å². The molecule has 118 valence electrons. The van der Waals surface area contributed by atoms with Crippen LogP contribution in [0.2, 0.25) is 0 Å². The minimum Gasteiger partial charge on any atom is -0.354 e. The van der Waals surface area contributed by atoms with Gasteiger partial charge in [-0.15, -0.1) is 0 Å². The van der Waals surface area contributed by atoms with E-state index in [1.165, 1.54) is 36.0 Å². The lowest BCUT2D eigenvalue weighted by atomic mass is 9.98. The second-order valence-electron chi connectivity index (χ2n) is 6.11. The molecule has 0 bridgehead atoms. The number of thiocarbonyl (C=S) groups is 1. The molecule has 1 aliphatic rings. The topological polar surface area (TPSA) is 3.24 Å². The van der Waals surface area contributed by atoms with E-state index >= 15 is 0 Å². The van der Waals surface area contributed by atoms with Crippen LogP contribution in [0.3, 0.4) is 0 Å². The van der Waals surface area contributed by atoms with Gasteiger partial charge in [0, 0.05) is 13.1 Å². The number of hydrogen-bond acceptors (Lipinski definition) is 1. The van der Waals surface area contributed by atoms with Crippen molar-refractivity contribution in [1.29, 1.82) is 0 Å². The van der Waals surface area contributed by atoms with Crippen molar-refractivity contribution in [3.63, 3.8) is 0 Å². The normalized spacial score (nSPS) is 14.2. The van der Waals surface area contributed by atoms with Gasteiger partial charge in [0.1, 0.15) is 4.99 Å². The molecule has 0 amide bonds. The van der Waals surface area contributed by atoms with Crippen LogP contribution in [0.4, 0.5) is 0 Å². The standard InChI is InChI=1S/C21H23NS/c23-21(20-14-8-3-9-15-20)22(16-18-10-4-1-5-11-18)17-19-12-6-2-7-13-19/h1-2,4-7,10-14H,3,8-9,15-17H2. The zero-order valence-corrected chi connectivity index (χ0v) is 14.3. The zero-order valence-electron chi connectivity index (χ0n) is 13.4. The van der Waals surface area contributed by atoms with Crippen molar-refractivity contribution in [2.75, 3.05) is 0 Å². The summed E-state index contributed by atoms with van der Waals surface area (Å²) >= 11 is 5.85. The third-order valence-electron chi connectivity index (χ3n) is 4.29. The maximum absolute atomic E-state index is 5.85. The lowest BCUT2D eigenvalue weighted by Gasteiger charge is -2.28. The molecule has 0 saturated heterocycles.